The third kappa shape index (κ3) is 5.09. The number of rotatable bonds is 8. The van der Waals surface area contributed by atoms with Crippen LogP contribution in [-0.2, 0) is 4.74 Å². The van der Waals surface area contributed by atoms with E-state index in [4.69, 9.17) is 10.00 Å². The van der Waals surface area contributed by atoms with Crippen molar-refractivity contribution in [2.24, 2.45) is 10.9 Å². The molecule has 0 unspecified atom stereocenters. The number of aromatic nitrogens is 1. The SMILES string of the molecule is Cc1csc([C@@H](C#N)C=NCCCOCC2CC2)n1. The van der Waals surface area contributed by atoms with Crippen molar-refractivity contribution in [3.8, 4) is 6.07 Å². The van der Waals surface area contributed by atoms with Crippen LogP contribution in [0.25, 0.3) is 0 Å². The van der Waals surface area contributed by atoms with Crippen LogP contribution in [0.4, 0.5) is 0 Å². The molecule has 102 valence electrons. The van der Waals surface area contributed by atoms with Crippen LogP contribution in [0, 0.1) is 24.2 Å². The highest BCUT2D eigenvalue weighted by atomic mass is 32.1. The van der Waals surface area contributed by atoms with E-state index in [0.29, 0.717) is 6.54 Å². The van der Waals surface area contributed by atoms with Gasteiger partial charge in [-0.2, -0.15) is 5.26 Å². The molecule has 1 saturated carbocycles. The van der Waals surface area contributed by atoms with Crippen LogP contribution in [0.3, 0.4) is 0 Å². The van der Waals surface area contributed by atoms with Gasteiger partial charge < -0.3 is 4.74 Å². The molecule has 1 aromatic heterocycles. The monoisotopic (exact) mass is 277 g/mol. The smallest absolute Gasteiger partial charge is 0.133 e. The quantitative estimate of drug-likeness (QED) is 0.542. The van der Waals surface area contributed by atoms with Crippen molar-refractivity contribution in [2.75, 3.05) is 19.8 Å². The molecular formula is C14H19N3OS. The lowest BCUT2D eigenvalue weighted by Crippen LogP contribution is -2.01. The van der Waals surface area contributed by atoms with Crippen LogP contribution >= 0.6 is 11.3 Å². The van der Waals surface area contributed by atoms with Crippen LogP contribution in [0.5, 0.6) is 0 Å². The summed E-state index contributed by atoms with van der Waals surface area (Å²) in [6, 6.07) is 2.22. The van der Waals surface area contributed by atoms with E-state index in [1.807, 2.05) is 12.3 Å². The van der Waals surface area contributed by atoms with Crippen molar-refractivity contribution in [3.63, 3.8) is 0 Å². The molecule has 0 bridgehead atoms. The second-order valence-corrected chi connectivity index (χ2v) is 5.75. The molecule has 1 fully saturated rings. The fraction of sp³-hybridized carbons (Fsp3) is 0.643. The molecule has 0 aliphatic heterocycles. The number of nitrogens with zero attached hydrogens (tertiary/aromatic N) is 3. The summed E-state index contributed by atoms with van der Waals surface area (Å²) >= 11 is 1.51. The molecule has 0 aromatic carbocycles. The minimum absolute atomic E-state index is 0.314. The van der Waals surface area contributed by atoms with Gasteiger partial charge in [-0.05, 0) is 32.1 Å². The van der Waals surface area contributed by atoms with Gasteiger partial charge in [-0.15, -0.1) is 11.3 Å². The average molecular weight is 277 g/mol. The first-order valence-electron chi connectivity index (χ1n) is 6.69. The second-order valence-electron chi connectivity index (χ2n) is 4.86. The third-order valence-corrected chi connectivity index (χ3v) is 3.97. The van der Waals surface area contributed by atoms with Crippen molar-refractivity contribution in [1.29, 1.82) is 5.26 Å². The summed E-state index contributed by atoms with van der Waals surface area (Å²) in [4.78, 5) is 8.62. The van der Waals surface area contributed by atoms with Crippen LogP contribution in [0.1, 0.15) is 35.9 Å². The molecule has 1 aliphatic rings. The lowest BCUT2D eigenvalue weighted by atomic mass is 10.2. The molecule has 1 aliphatic carbocycles. The van der Waals surface area contributed by atoms with Crippen molar-refractivity contribution in [3.05, 3.63) is 16.1 Å². The lowest BCUT2D eigenvalue weighted by molar-refractivity contribution is 0.123. The van der Waals surface area contributed by atoms with Crippen molar-refractivity contribution >= 4 is 17.6 Å². The topological polar surface area (TPSA) is 58.3 Å². The Kier molecular flexibility index (Phi) is 5.49. The van der Waals surface area contributed by atoms with Gasteiger partial charge in [0.05, 0.1) is 6.07 Å². The first-order chi connectivity index (χ1) is 9.29. The fourth-order valence-corrected chi connectivity index (χ4v) is 2.44. The van der Waals surface area contributed by atoms with E-state index in [-0.39, 0.29) is 5.92 Å². The Balaban J connectivity index is 1.63. The summed E-state index contributed by atoms with van der Waals surface area (Å²) in [6.07, 6.45) is 5.28. The Bertz CT molecular complexity index is 460. The summed E-state index contributed by atoms with van der Waals surface area (Å²) in [5.74, 6) is 0.505. The third-order valence-electron chi connectivity index (χ3n) is 2.92. The zero-order valence-electron chi connectivity index (χ0n) is 11.2. The van der Waals surface area contributed by atoms with Crippen molar-refractivity contribution in [1.82, 2.24) is 4.98 Å². The number of hydrogen-bond donors (Lipinski definition) is 0. The number of thiazole rings is 1. The highest BCUT2D eigenvalue weighted by molar-refractivity contribution is 7.09. The predicted octanol–water partition coefficient (Wildman–Crippen LogP) is 2.95. The van der Waals surface area contributed by atoms with Gasteiger partial charge in [0.1, 0.15) is 10.9 Å². The first-order valence-corrected chi connectivity index (χ1v) is 7.57. The van der Waals surface area contributed by atoms with Crippen molar-refractivity contribution < 1.29 is 4.74 Å². The molecule has 0 N–H and O–H groups in total. The number of ether oxygens (including phenoxy) is 1. The average Bonchev–Trinajstić information content (AvgIpc) is 3.14. The molecule has 0 radical (unpaired) electrons. The molecule has 0 amide bonds. The maximum atomic E-state index is 9.10. The van der Waals surface area contributed by atoms with Gasteiger partial charge in [-0.3, -0.25) is 4.99 Å². The molecule has 1 heterocycles. The predicted molar refractivity (Wildman–Crippen MR) is 76.7 cm³/mol. The number of hydrogen-bond acceptors (Lipinski definition) is 5. The lowest BCUT2D eigenvalue weighted by Gasteiger charge is -2.01. The second kappa shape index (κ2) is 7.37. The van der Waals surface area contributed by atoms with Crippen LogP contribution in [0.2, 0.25) is 0 Å². The molecule has 4 nitrogen and oxygen atoms in total. The number of aliphatic imine (C=N–C) groups is 1. The summed E-state index contributed by atoms with van der Waals surface area (Å²) in [6.45, 7) is 4.32. The largest absolute Gasteiger partial charge is 0.381 e. The maximum absolute atomic E-state index is 9.10. The summed E-state index contributed by atoms with van der Waals surface area (Å²) in [5.41, 5.74) is 0.960. The fourth-order valence-electron chi connectivity index (χ4n) is 1.64. The van der Waals surface area contributed by atoms with E-state index in [1.165, 1.54) is 24.2 Å². The summed E-state index contributed by atoms with van der Waals surface area (Å²) in [7, 11) is 0. The van der Waals surface area contributed by atoms with Gasteiger partial charge in [0.15, 0.2) is 0 Å². The highest BCUT2D eigenvalue weighted by Crippen LogP contribution is 2.28. The Labute approximate surface area is 118 Å². The van der Waals surface area contributed by atoms with Crippen LogP contribution < -0.4 is 0 Å². The molecule has 0 spiro atoms. The zero-order valence-corrected chi connectivity index (χ0v) is 12.0. The minimum Gasteiger partial charge on any atom is -0.381 e. The number of nitriles is 1. The number of aryl methyl sites for hydroxylation is 1. The van der Waals surface area contributed by atoms with E-state index >= 15 is 0 Å². The van der Waals surface area contributed by atoms with E-state index in [9.17, 15) is 0 Å². The molecule has 19 heavy (non-hydrogen) atoms. The molecule has 1 atom stereocenters. The molecule has 5 heteroatoms. The van der Waals surface area contributed by atoms with Gasteiger partial charge in [0.2, 0.25) is 0 Å². The maximum Gasteiger partial charge on any atom is 0.133 e. The Hall–Kier alpha value is -1.25. The van der Waals surface area contributed by atoms with Gasteiger partial charge in [-0.25, -0.2) is 4.98 Å². The van der Waals surface area contributed by atoms with Crippen LogP contribution in [-0.4, -0.2) is 31.0 Å². The van der Waals surface area contributed by atoms with E-state index < -0.39 is 0 Å². The summed E-state index contributed by atoms with van der Waals surface area (Å²) < 4.78 is 5.53. The Morgan fingerprint density at radius 1 is 1.68 bits per heavy atom. The highest BCUT2D eigenvalue weighted by Gasteiger charge is 2.20. The Morgan fingerprint density at radius 3 is 3.16 bits per heavy atom. The molecule has 0 saturated heterocycles. The summed E-state index contributed by atoms with van der Waals surface area (Å²) in [5, 5.41) is 11.9. The van der Waals surface area contributed by atoms with E-state index in [1.54, 1.807) is 6.21 Å². The Morgan fingerprint density at radius 2 is 2.53 bits per heavy atom. The van der Waals surface area contributed by atoms with Crippen molar-refractivity contribution in [2.45, 2.75) is 32.1 Å². The molecular weight excluding hydrogens is 258 g/mol. The van der Waals surface area contributed by atoms with Gasteiger partial charge in [0, 0.05) is 37.0 Å². The minimum atomic E-state index is -0.314. The van der Waals surface area contributed by atoms with Gasteiger partial charge >= 0.3 is 0 Å². The molecule has 1 aromatic rings. The normalized spacial score (nSPS) is 16.6. The van der Waals surface area contributed by atoms with Gasteiger partial charge in [-0.1, -0.05) is 0 Å². The zero-order chi connectivity index (χ0) is 13.5. The molecule has 2 rings (SSSR count). The first kappa shape index (κ1) is 14.2. The van der Waals surface area contributed by atoms with E-state index in [0.717, 1.165) is 36.3 Å². The van der Waals surface area contributed by atoms with Gasteiger partial charge in [0.25, 0.3) is 0 Å². The standard InChI is InChI=1S/C14H19N3OS/c1-11-10-19-14(17-11)13(7-15)8-16-5-2-6-18-9-12-3-4-12/h8,10,12-13H,2-6,9H2,1H3/t13-/m0/s1. The van der Waals surface area contributed by atoms with E-state index in [2.05, 4.69) is 16.0 Å². The van der Waals surface area contributed by atoms with Crippen LogP contribution in [0.15, 0.2) is 10.4 Å².